The van der Waals surface area contributed by atoms with Gasteiger partial charge in [-0.05, 0) is 52.9 Å². The Morgan fingerprint density at radius 3 is 2.80 bits per heavy atom. The first kappa shape index (κ1) is 15.0. The summed E-state index contributed by atoms with van der Waals surface area (Å²) in [7, 11) is 0. The van der Waals surface area contributed by atoms with Crippen LogP contribution >= 0.6 is 15.9 Å². The van der Waals surface area contributed by atoms with E-state index >= 15 is 0 Å². The molecule has 0 heterocycles. The normalized spacial score (nSPS) is 21.7. The van der Waals surface area contributed by atoms with Gasteiger partial charge in [0.05, 0.1) is 11.5 Å². The van der Waals surface area contributed by atoms with E-state index in [1.54, 1.807) is 0 Å². The molecular weight excluding hydrogens is 329 g/mol. The predicted octanol–water partition coefficient (Wildman–Crippen LogP) is 2.82. The number of amides is 1. The Balaban J connectivity index is 1.97. The van der Waals surface area contributed by atoms with E-state index in [4.69, 9.17) is 5.11 Å². The maximum Gasteiger partial charge on any atom is 0.306 e. The lowest BCUT2D eigenvalue weighted by atomic mass is 9.96. The molecule has 6 heteroatoms. The standard InChI is InChI=1S/C14H15BrFNO3/c15-12-6-9(16)4-5-11(12)13(18)17-7-8-2-1-3-10(8)14(19)20/h4-6,8,10H,1-3,7H2,(H,17,18)(H,19,20). The van der Waals surface area contributed by atoms with Gasteiger partial charge in [-0.3, -0.25) is 9.59 Å². The molecule has 0 radical (unpaired) electrons. The zero-order valence-corrected chi connectivity index (χ0v) is 12.3. The van der Waals surface area contributed by atoms with Gasteiger partial charge >= 0.3 is 5.97 Å². The topological polar surface area (TPSA) is 66.4 Å². The molecule has 2 atom stereocenters. The van der Waals surface area contributed by atoms with Crippen LogP contribution in [0.1, 0.15) is 29.6 Å². The van der Waals surface area contributed by atoms with Gasteiger partial charge < -0.3 is 10.4 Å². The second-order valence-corrected chi connectivity index (χ2v) is 5.82. The molecular formula is C14H15BrFNO3. The fourth-order valence-corrected chi connectivity index (χ4v) is 3.13. The minimum absolute atomic E-state index is 0.0318. The molecule has 1 aromatic carbocycles. The van der Waals surface area contributed by atoms with Crippen molar-refractivity contribution in [3.05, 3.63) is 34.1 Å². The van der Waals surface area contributed by atoms with Gasteiger partial charge in [-0.25, -0.2) is 4.39 Å². The van der Waals surface area contributed by atoms with Gasteiger partial charge in [0.15, 0.2) is 0 Å². The zero-order chi connectivity index (χ0) is 14.7. The van der Waals surface area contributed by atoms with Crippen LogP contribution in [0.3, 0.4) is 0 Å². The first-order valence-corrected chi connectivity index (χ1v) is 7.24. The van der Waals surface area contributed by atoms with Crippen LogP contribution in [0.15, 0.2) is 22.7 Å². The van der Waals surface area contributed by atoms with Crippen LogP contribution in [0.25, 0.3) is 0 Å². The quantitative estimate of drug-likeness (QED) is 0.883. The number of nitrogens with one attached hydrogen (secondary N) is 1. The van der Waals surface area contributed by atoms with E-state index in [0.717, 1.165) is 12.8 Å². The summed E-state index contributed by atoms with van der Waals surface area (Å²) in [4.78, 5) is 23.1. The molecule has 2 unspecified atom stereocenters. The van der Waals surface area contributed by atoms with Crippen molar-refractivity contribution in [2.75, 3.05) is 6.54 Å². The Labute approximate surface area is 124 Å². The van der Waals surface area contributed by atoms with E-state index in [1.165, 1.54) is 18.2 Å². The Hall–Kier alpha value is -1.43. The second-order valence-electron chi connectivity index (χ2n) is 4.97. The number of carboxylic acid groups (broad SMARTS) is 1. The molecule has 4 nitrogen and oxygen atoms in total. The lowest BCUT2D eigenvalue weighted by Crippen LogP contribution is -2.33. The summed E-state index contributed by atoms with van der Waals surface area (Å²) < 4.78 is 13.3. The molecule has 0 bridgehead atoms. The van der Waals surface area contributed by atoms with E-state index in [9.17, 15) is 14.0 Å². The van der Waals surface area contributed by atoms with Crippen LogP contribution in [0, 0.1) is 17.7 Å². The first-order valence-electron chi connectivity index (χ1n) is 6.45. The minimum Gasteiger partial charge on any atom is -0.481 e. The first-order chi connectivity index (χ1) is 9.49. The van der Waals surface area contributed by atoms with Crippen molar-refractivity contribution in [2.24, 2.45) is 11.8 Å². The Kier molecular flexibility index (Phi) is 4.75. The van der Waals surface area contributed by atoms with E-state index in [1.807, 2.05) is 0 Å². The summed E-state index contributed by atoms with van der Waals surface area (Å²) in [5.74, 6) is -1.96. The maximum atomic E-state index is 13.0. The average molecular weight is 344 g/mol. The molecule has 2 N–H and O–H groups in total. The van der Waals surface area contributed by atoms with Crippen molar-refractivity contribution in [2.45, 2.75) is 19.3 Å². The summed E-state index contributed by atoms with van der Waals surface area (Å²) in [5.41, 5.74) is 0.344. The lowest BCUT2D eigenvalue weighted by molar-refractivity contribution is -0.142. The van der Waals surface area contributed by atoms with Crippen molar-refractivity contribution in [1.82, 2.24) is 5.32 Å². The number of aliphatic carboxylic acids is 1. The van der Waals surface area contributed by atoms with E-state index in [-0.39, 0.29) is 17.7 Å². The molecule has 0 spiro atoms. The van der Waals surface area contributed by atoms with E-state index < -0.39 is 11.8 Å². The van der Waals surface area contributed by atoms with Gasteiger partial charge in [-0.15, -0.1) is 0 Å². The number of hydrogen-bond acceptors (Lipinski definition) is 2. The Morgan fingerprint density at radius 1 is 1.40 bits per heavy atom. The molecule has 1 fully saturated rings. The largest absolute Gasteiger partial charge is 0.481 e. The van der Waals surface area contributed by atoms with Crippen LogP contribution in [0.5, 0.6) is 0 Å². The van der Waals surface area contributed by atoms with Crippen molar-refractivity contribution in [1.29, 1.82) is 0 Å². The predicted molar refractivity (Wildman–Crippen MR) is 74.9 cm³/mol. The van der Waals surface area contributed by atoms with Gasteiger partial charge in [0.2, 0.25) is 0 Å². The van der Waals surface area contributed by atoms with Crippen molar-refractivity contribution < 1.29 is 19.1 Å². The lowest BCUT2D eigenvalue weighted by Gasteiger charge is -2.16. The zero-order valence-electron chi connectivity index (χ0n) is 10.7. The molecule has 0 aliphatic heterocycles. The molecule has 1 aromatic rings. The van der Waals surface area contributed by atoms with Crippen LogP contribution in [-0.2, 0) is 4.79 Å². The minimum atomic E-state index is -0.801. The smallest absolute Gasteiger partial charge is 0.306 e. The number of rotatable bonds is 4. The third kappa shape index (κ3) is 3.36. The SMILES string of the molecule is O=C(NCC1CCCC1C(=O)O)c1ccc(F)cc1Br. The number of carboxylic acids is 1. The third-order valence-electron chi connectivity index (χ3n) is 3.68. The highest BCUT2D eigenvalue weighted by atomic mass is 79.9. The molecule has 1 saturated carbocycles. The molecule has 20 heavy (non-hydrogen) atoms. The third-order valence-corrected chi connectivity index (χ3v) is 4.33. The summed E-state index contributed by atoms with van der Waals surface area (Å²) in [6.45, 7) is 0.333. The van der Waals surface area contributed by atoms with Crippen molar-refractivity contribution in [3.8, 4) is 0 Å². The number of benzene rings is 1. The summed E-state index contributed by atoms with van der Waals surface area (Å²) in [6.07, 6.45) is 2.34. The Morgan fingerprint density at radius 2 is 2.15 bits per heavy atom. The van der Waals surface area contributed by atoms with Gasteiger partial charge in [0, 0.05) is 11.0 Å². The number of halogens is 2. The molecule has 108 valence electrons. The van der Waals surface area contributed by atoms with E-state index in [2.05, 4.69) is 21.2 Å². The number of carbonyl (C=O) groups is 2. The van der Waals surface area contributed by atoms with Gasteiger partial charge in [-0.2, -0.15) is 0 Å². The second kappa shape index (κ2) is 6.35. The van der Waals surface area contributed by atoms with Crippen LogP contribution < -0.4 is 5.32 Å². The van der Waals surface area contributed by atoms with E-state index in [0.29, 0.717) is 23.0 Å². The fraction of sp³-hybridized carbons (Fsp3) is 0.429. The number of hydrogen-bond donors (Lipinski definition) is 2. The van der Waals surface area contributed by atoms with Gasteiger partial charge in [-0.1, -0.05) is 6.42 Å². The molecule has 1 aliphatic carbocycles. The molecule has 2 rings (SSSR count). The molecule has 1 amide bonds. The summed E-state index contributed by atoms with van der Waals surface area (Å²) >= 11 is 3.14. The summed E-state index contributed by atoms with van der Waals surface area (Å²) in [5, 5.41) is 11.8. The van der Waals surface area contributed by atoms with Crippen molar-refractivity contribution >= 4 is 27.8 Å². The Bertz CT molecular complexity index is 535. The molecule has 0 aromatic heterocycles. The van der Waals surface area contributed by atoms with Crippen molar-refractivity contribution in [3.63, 3.8) is 0 Å². The summed E-state index contributed by atoms with van der Waals surface area (Å²) in [6, 6.07) is 3.85. The fourth-order valence-electron chi connectivity index (χ4n) is 2.60. The monoisotopic (exact) mass is 343 g/mol. The average Bonchev–Trinajstić information content (AvgIpc) is 2.84. The number of carbonyl (C=O) groups excluding carboxylic acids is 1. The van der Waals surface area contributed by atoms with Crippen LogP contribution in [0.2, 0.25) is 0 Å². The molecule has 0 saturated heterocycles. The van der Waals surface area contributed by atoms with Crippen LogP contribution in [-0.4, -0.2) is 23.5 Å². The van der Waals surface area contributed by atoms with Gasteiger partial charge in [0.1, 0.15) is 5.82 Å². The molecule has 1 aliphatic rings. The highest BCUT2D eigenvalue weighted by molar-refractivity contribution is 9.10. The van der Waals surface area contributed by atoms with Crippen LogP contribution in [0.4, 0.5) is 4.39 Å². The van der Waals surface area contributed by atoms with Gasteiger partial charge in [0.25, 0.3) is 5.91 Å². The highest BCUT2D eigenvalue weighted by Crippen LogP contribution is 2.31. The highest BCUT2D eigenvalue weighted by Gasteiger charge is 2.32. The maximum absolute atomic E-state index is 13.0.